The number of amides is 1. The molecule has 1 fully saturated rings. The van der Waals surface area contributed by atoms with Crippen LogP contribution < -0.4 is 20.7 Å². The van der Waals surface area contributed by atoms with Gasteiger partial charge in [-0.1, -0.05) is 25.3 Å². The minimum absolute atomic E-state index is 0.0981. The molecule has 1 unspecified atom stereocenters. The molecule has 2 aromatic carbocycles. The predicted molar refractivity (Wildman–Crippen MR) is 177 cm³/mol. The number of nitrogens with zero attached hydrogens (tertiary/aromatic N) is 1. The van der Waals surface area contributed by atoms with Gasteiger partial charge in [0.1, 0.15) is 11.4 Å². The Kier molecular flexibility index (Phi) is 9.81. The molecule has 8 nitrogen and oxygen atoms in total. The minimum atomic E-state index is -0.596. The summed E-state index contributed by atoms with van der Waals surface area (Å²) >= 11 is 0. The third kappa shape index (κ3) is 7.02. The van der Waals surface area contributed by atoms with E-state index < -0.39 is 5.60 Å². The molecule has 0 saturated heterocycles. The van der Waals surface area contributed by atoms with Gasteiger partial charge in [0.15, 0.2) is 0 Å². The number of carbonyl (C=O) groups excluding carboxylic acids is 2. The van der Waals surface area contributed by atoms with Gasteiger partial charge >= 0.3 is 5.97 Å². The van der Waals surface area contributed by atoms with E-state index in [9.17, 15) is 9.59 Å². The van der Waals surface area contributed by atoms with Crippen LogP contribution in [0, 0.1) is 0 Å². The Morgan fingerprint density at radius 1 is 1.05 bits per heavy atom. The molecule has 1 aliphatic carbocycles. The van der Waals surface area contributed by atoms with E-state index in [1.807, 2.05) is 58.2 Å². The molecule has 1 saturated carbocycles. The lowest BCUT2D eigenvalue weighted by atomic mass is 9.81. The maximum Gasteiger partial charge on any atom is 0.338 e. The number of methoxy groups -OCH3 is 1. The van der Waals surface area contributed by atoms with Crippen molar-refractivity contribution in [2.75, 3.05) is 33.8 Å². The third-order valence-corrected chi connectivity index (χ3v) is 8.63. The monoisotopic (exact) mass is 600 g/mol. The fourth-order valence-corrected chi connectivity index (χ4v) is 6.63. The maximum atomic E-state index is 13.7. The van der Waals surface area contributed by atoms with Crippen LogP contribution in [0.2, 0.25) is 0 Å². The first-order valence-corrected chi connectivity index (χ1v) is 16.0. The van der Waals surface area contributed by atoms with Crippen LogP contribution in [0.1, 0.15) is 87.2 Å². The molecular weight excluding hydrogens is 552 g/mol. The lowest BCUT2D eigenvalue weighted by Gasteiger charge is -2.24. The molecule has 0 spiro atoms. The SMILES string of the molecule is CNCC(C)NCCNC(=O)C1=Cc2cc(OC)ccc2-c2c(C3CCCCC3)c3ccc(C(=O)OC(C)(C)C)cc3n2C1. The predicted octanol–water partition coefficient (Wildman–Crippen LogP) is 6.03. The minimum Gasteiger partial charge on any atom is -0.497 e. The standard InChI is InChI=1S/C36H48N4O4/c1-23(21-37-5)38-16-17-39-34(41)27-18-26-19-28(43-6)13-15-29(26)33-32(24-10-8-7-9-11-24)30-14-12-25(20-31(30)40(33)22-27)35(42)44-36(2,3)4/h12-15,18-20,23-24,37-38H,7-11,16-17,21-22H2,1-6H3,(H,39,41). The average molecular weight is 601 g/mol. The molecule has 0 radical (unpaired) electrons. The number of hydrogen-bond acceptors (Lipinski definition) is 6. The van der Waals surface area contributed by atoms with Gasteiger partial charge in [-0.25, -0.2) is 4.79 Å². The highest BCUT2D eigenvalue weighted by molar-refractivity contribution is 6.03. The van der Waals surface area contributed by atoms with Crippen LogP contribution in [0.25, 0.3) is 28.2 Å². The number of fused-ring (bicyclic) bond motifs is 5. The number of aromatic nitrogens is 1. The van der Waals surface area contributed by atoms with Gasteiger partial charge in [-0.2, -0.15) is 0 Å². The van der Waals surface area contributed by atoms with Gasteiger partial charge in [0.05, 0.1) is 24.9 Å². The summed E-state index contributed by atoms with van der Waals surface area (Å²) in [5.41, 5.74) is 6.02. The highest BCUT2D eigenvalue weighted by Gasteiger charge is 2.31. The first-order chi connectivity index (χ1) is 21.1. The average Bonchev–Trinajstić information content (AvgIpc) is 3.21. The number of nitrogens with one attached hydrogen (secondary N) is 3. The number of rotatable bonds is 10. The van der Waals surface area contributed by atoms with Crippen molar-refractivity contribution < 1.29 is 19.1 Å². The fourth-order valence-electron chi connectivity index (χ4n) is 6.63. The van der Waals surface area contributed by atoms with Crippen molar-refractivity contribution in [2.45, 2.75) is 83.9 Å². The molecule has 1 atom stereocenters. The zero-order chi connectivity index (χ0) is 31.4. The largest absolute Gasteiger partial charge is 0.497 e. The lowest BCUT2D eigenvalue weighted by Crippen LogP contribution is -2.40. The van der Waals surface area contributed by atoms with E-state index in [-0.39, 0.29) is 11.9 Å². The van der Waals surface area contributed by atoms with Crippen molar-refractivity contribution >= 4 is 28.9 Å². The molecule has 2 aliphatic rings. The molecule has 44 heavy (non-hydrogen) atoms. The second-order valence-corrected chi connectivity index (χ2v) is 13.2. The molecule has 3 N–H and O–H groups in total. The number of hydrogen-bond donors (Lipinski definition) is 3. The number of benzene rings is 2. The van der Waals surface area contributed by atoms with Crippen LogP contribution >= 0.6 is 0 Å². The number of esters is 1. The van der Waals surface area contributed by atoms with Gasteiger partial charge in [0.2, 0.25) is 5.91 Å². The van der Waals surface area contributed by atoms with Crippen LogP contribution in [0.5, 0.6) is 5.75 Å². The van der Waals surface area contributed by atoms with Gasteiger partial charge in [0.25, 0.3) is 0 Å². The van der Waals surface area contributed by atoms with E-state index in [4.69, 9.17) is 9.47 Å². The molecule has 236 valence electrons. The second-order valence-electron chi connectivity index (χ2n) is 13.2. The van der Waals surface area contributed by atoms with Gasteiger partial charge in [0, 0.05) is 47.7 Å². The van der Waals surface area contributed by atoms with Gasteiger partial charge in [-0.05, 0) is 101 Å². The Hall–Kier alpha value is -3.62. The highest BCUT2D eigenvalue weighted by atomic mass is 16.6. The molecule has 1 amide bonds. The summed E-state index contributed by atoms with van der Waals surface area (Å²) in [6.45, 7) is 10.2. The third-order valence-electron chi connectivity index (χ3n) is 8.63. The number of carbonyl (C=O) groups is 2. The smallest absolute Gasteiger partial charge is 0.338 e. The molecule has 2 heterocycles. The van der Waals surface area contributed by atoms with Crippen LogP contribution in [0.4, 0.5) is 0 Å². The first-order valence-electron chi connectivity index (χ1n) is 16.0. The van der Waals surface area contributed by atoms with Crippen molar-refractivity contribution in [3.8, 4) is 17.0 Å². The fraction of sp³-hybridized carbons (Fsp3) is 0.500. The summed E-state index contributed by atoms with van der Waals surface area (Å²) in [6.07, 6.45) is 7.93. The highest BCUT2D eigenvalue weighted by Crippen LogP contribution is 2.47. The lowest BCUT2D eigenvalue weighted by molar-refractivity contribution is -0.117. The van der Waals surface area contributed by atoms with E-state index in [0.29, 0.717) is 42.7 Å². The number of likely N-dealkylation sites (N-methyl/N-ethyl adjacent to an activating group) is 1. The van der Waals surface area contributed by atoms with E-state index in [1.54, 1.807) is 7.11 Å². The summed E-state index contributed by atoms with van der Waals surface area (Å²) in [7, 11) is 3.60. The number of ether oxygens (including phenoxy) is 2. The van der Waals surface area contributed by atoms with Crippen LogP contribution in [-0.4, -0.2) is 61.9 Å². The Bertz CT molecular complexity index is 1540. The van der Waals surface area contributed by atoms with Crippen LogP contribution in [-0.2, 0) is 16.1 Å². The molecule has 3 aromatic rings. The quantitative estimate of drug-likeness (QED) is 0.194. The molecule has 8 heteroatoms. The molecular formula is C36H48N4O4. The van der Waals surface area contributed by atoms with Crippen LogP contribution in [0.3, 0.4) is 0 Å². The zero-order valence-electron chi connectivity index (χ0n) is 27.1. The van der Waals surface area contributed by atoms with Gasteiger partial charge < -0.3 is 30.0 Å². The Morgan fingerprint density at radius 2 is 1.82 bits per heavy atom. The topological polar surface area (TPSA) is 93.6 Å². The van der Waals surface area contributed by atoms with E-state index in [1.165, 1.54) is 24.8 Å². The Morgan fingerprint density at radius 3 is 2.52 bits per heavy atom. The summed E-state index contributed by atoms with van der Waals surface area (Å²) in [5, 5.41) is 10.9. The summed E-state index contributed by atoms with van der Waals surface area (Å²) in [6, 6.07) is 12.4. The Balaban J connectivity index is 1.61. The van der Waals surface area contributed by atoms with Gasteiger partial charge in [-0.15, -0.1) is 0 Å². The normalized spacial score (nSPS) is 16.0. The molecule has 1 aromatic heterocycles. The zero-order valence-corrected chi connectivity index (χ0v) is 27.1. The van der Waals surface area contributed by atoms with Crippen molar-refractivity contribution in [1.82, 2.24) is 20.5 Å². The second kappa shape index (κ2) is 13.6. The van der Waals surface area contributed by atoms with Crippen LogP contribution in [0.15, 0.2) is 42.0 Å². The van der Waals surface area contributed by atoms with E-state index in [0.717, 1.165) is 52.9 Å². The first kappa shape index (κ1) is 31.8. The van der Waals surface area contributed by atoms with Crippen molar-refractivity contribution in [1.29, 1.82) is 0 Å². The van der Waals surface area contributed by atoms with E-state index >= 15 is 0 Å². The summed E-state index contributed by atoms with van der Waals surface area (Å²) < 4.78 is 13.6. The van der Waals surface area contributed by atoms with Gasteiger partial charge in [-0.3, -0.25) is 4.79 Å². The maximum absolute atomic E-state index is 13.7. The molecule has 0 bridgehead atoms. The summed E-state index contributed by atoms with van der Waals surface area (Å²) in [5.74, 6) is 0.713. The van der Waals surface area contributed by atoms with Crippen molar-refractivity contribution in [3.05, 3.63) is 58.7 Å². The van der Waals surface area contributed by atoms with Crippen molar-refractivity contribution in [3.63, 3.8) is 0 Å². The van der Waals surface area contributed by atoms with Crippen molar-refractivity contribution in [2.24, 2.45) is 0 Å². The van der Waals surface area contributed by atoms with E-state index in [2.05, 4.69) is 39.6 Å². The molecule has 1 aliphatic heterocycles. The molecule has 5 rings (SSSR count). The summed E-state index contributed by atoms with van der Waals surface area (Å²) in [4.78, 5) is 26.9. The Labute approximate surface area is 261 Å².